The Morgan fingerprint density at radius 2 is 2.03 bits per heavy atom. The van der Waals surface area contributed by atoms with Crippen LogP contribution in [0.15, 0.2) is 35.0 Å². The molecule has 3 rings (SSSR count). The van der Waals surface area contributed by atoms with E-state index in [1.165, 1.54) is 25.1 Å². The third kappa shape index (κ3) is 4.87. The van der Waals surface area contributed by atoms with Crippen molar-refractivity contribution in [3.63, 3.8) is 0 Å². The topological polar surface area (TPSA) is 161 Å². The highest BCUT2D eigenvalue weighted by molar-refractivity contribution is 7.91. The second-order valence-electron chi connectivity index (χ2n) is 7.30. The number of non-ortho nitro benzene ring substituents is 1. The lowest BCUT2D eigenvalue weighted by atomic mass is 10.1. The van der Waals surface area contributed by atoms with Crippen LogP contribution in [0.2, 0.25) is 0 Å². The molecule has 0 aliphatic carbocycles. The summed E-state index contributed by atoms with van der Waals surface area (Å²) in [6.45, 7) is 6.87. The Labute approximate surface area is 199 Å². The number of nitro benzene ring substituents is 1. The normalized spacial score (nSPS) is 11.8. The molecule has 0 spiro atoms. The molecule has 11 nitrogen and oxygen atoms in total. The lowest BCUT2D eigenvalue weighted by molar-refractivity contribution is -0.384. The van der Waals surface area contributed by atoms with E-state index in [1.807, 2.05) is 24.5 Å². The Morgan fingerprint density at radius 1 is 1.32 bits per heavy atom. The molecule has 176 valence electrons. The Kier molecular flexibility index (Phi) is 6.94. The fourth-order valence-electron chi connectivity index (χ4n) is 3.24. The average molecular weight is 501 g/mol. The minimum Gasteiger partial charge on any atom is -0.317 e. The van der Waals surface area contributed by atoms with Crippen LogP contribution < -0.4 is 5.32 Å². The minimum absolute atomic E-state index is 0.0455. The molecule has 13 heteroatoms. The summed E-state index contributed by atoms with van der Waals surface area (Å²) in [6, 6.07) is 8.15. The lowest BCUT2D eigenvalue weighted by Gasteiger charge is -2.12. The maximum atomic E-state index is 12.6. The second-order valence-corrected chi connectivity index (χ2v) is 10.2. The van der Waals surface area contributed by atoms with Crippen LogP contribution in [0.4, 0.5) is 10.8 Å². The largest absolute Gasteiger partial charge is 0.317 e. The van der Waals surface area contributed by atoms with Gasteiger partial charge in [0.05, 0.1) is 16.4 Å². The molecule has 0 fully saturated rings. The maximum Gasteiger partial charge on any atom is 0.271 e. The number of rotatable bonds is 7. The third-order valence-electron chi connectivity index (χ3n) is 5.07. The van der Waals surface area contributed by atoms with Crippen molar-refractivity contribution in [3.05, 3.63) is 62.5 Å². The van der Waals surface area contributed by atoms with Gasteiger partial charge in [0, 0.05) is 35.1 Å². The first-order valence-corrected chi connectivity index (χ1v) is 12.3. The van der Waals surface area contributed by atoms with Gasteiger partial charge in [-0.15, -0.1) is 0 Å². The summed E-state index contributed by atoms with van der Waals surface area (Å²) in [5.41, 5.74) is 3.15. The molecule has 0 saturated carbocycles. The fraction of sp³-hybridized carbons (Fsp3) is 0.238. The molecular weight excluding hydrogens is 480 g/mol. The smallest absolute Gasteiger partial charge is 0.271 e. The highest BCUT2D eigenvalue weighted by atomic mass is 32.2. The standard InChI is InChI=1S/C21H20N6O5S2/c1-5-34(31,32)21-24-20(33-25-21)23-19(28)16(11-22)9-15-8-13(3)26(14(15)4)18-10-17(27(29)30)7-6-12(18)2/h6-10H,5H2,1-4H3,(H,23,24,25,28)/b16-9-. The number of carbonyl (C=O) groups excluding carboxylic acids is 1. The number of hydrogen-bond donors (Lipinski definition) is 1. The number of nitriles is 1. The van der Waals surface area contributed by atoms with Crippen LogP contribution in [-0.2, 0) is 14.6 Å². The van der Waals surface area contributed by atoms with Gasteiger partial charge in [-0.3, -0.25) is 20.2 Å². The van der Waals surface area contributed by atoms with E-state index in [0.29, 0.717) is 28.5 Å². The number of nitro groups is 1. The molecule has 2 heterocycles. The molecule has 0 unspecified atom stereocenters. The number of benzene rings is 1. The van der Waals surface area contributed by atoms with Crippen LogP contribution in [0, 0.1) is 42.2 Å². The summed E-state index contributed by atoms with van der Waals surface area (Å²) in [5, 5.41) is 22.7. The zero-order chi connectivity index (χ0) is 25.2. The highest BCUT2D eigenvalue weighted by Gasteiger charge is 2.21. The highest BCUT2D eigenvalue weighted by Crippen LogP contribution is 2.28. The van der Waals surface area contributed by atoms with E-state index < -0.39 is 20.7 Å². The number of aryl methyl sites for hydroxylation is 2. The van der Waals surface area contributed by atoms with Gasteiger partial charge in [0.25, 0.3) is 16.8 Å². The molecule has 1 aromatic carbocycles. The number of nitrogens with one attached hydrogen (secondary N) is 1. The molecule has 0 aliphatic heterocycles. The van der Waals surface area contributed by atoms with Crippen molar-refractivity contribution >= 4 is 44.2 Å². The molecule has 0 saturated heterocycles. The van der Waals surface area contributed by atoms with Crippen molar-refractivity contribution in [1.29, 1.82) is 5.26 Å². The van der Waals surface area contributed by atoms with Crippen molar-refractivity contribution in [2.24, 2.45) is 0 Å². The molecule has 2 aromatic heterocycles. The van der Waals surface area contributed by atoms with Crippen LogP contribution in [0.5, 0.6) is 0 Å². The summed E-state index contributed by atoms with van der Waals surface area (Å²) < 4.78 is 29.3. The van der Waals surface area contributed by atoms with E-state index in [4.69, 9.17) is 0 Å². The number of anilines is 1. The summed E-state index contributed by atoms with van der Waals surface area (Å²) >= 11 is 0.699. The van der Waals surface area contributed by atoms with Crippen LogP contribution in [-0.4, -0.2) is 38.9 Å². The van der Waals surface area contributed by atoms with Crippen LogP contribution >= 0.6 is 11.5 Å². The Bertz CT molecular complexity index is 1480. The first kappa shape index (κ1) is 24.7. The first-order valence-electron chi connectivity index (χ1n) is 9.92. The van der Waals surface area contributed by atoms with E-state index in [9.17, 15) is 28.6 Å². The summed E-state index contributed by atoms with van der Waals surface area (Å²) in [5.74, 6) is -0.949. The van der Waals surface area contributed by atoms with Crippen molar-refractivity contribution in [2.45, 2.75) is 32.9 Å². The summed E-state index contributed by atoms with van der Waals surface area (Å²) in [6.07, 6.45) is 1.39. The van der Waals surface area contributed by atoms with Crippen molar-refractivity contribution in [3.8, 4) is 11.8 Å². The number of amides is 1. The maximum absolute atomic E-state index is 12.6. The van der Waals surface area contributed by atoms with E-state index in [0.717, 1.165) is 11.3 Å². The fourth-order valence-corrected chi connectivity index (χ4v) is 4.82. The predicted octanol–water partition coefficient (Wildman–Crippen LogP) is 3.50. The van der Waals surface area contributed by atoms with E-state index in [-0.39, 0.29) is 27.3 Å². The molecule has 0 aliphatic rings. The number of hydrogen-bond acceptors (Lipinski definition) is 9. The van der Waals surface area contributed by atoms with Gasteiger partial charge in [-0.2, -0.15) is 14.6 Å². The number of sulfone groups is 1. The zero-order valence-electron chi connectivity index (χ0n) is 18.7. The van der Waals surface area contributed by atoms with Crippen molar-refractivity contribution in [2.75, 3.05) is 11.1 Å². The van der Waals surface area contributed by atoms with Gasteiger partial charge in [-0.1, -0.05) is 13.0 Å². The average Bonchev–Trinajstić information content (AvgIpc) is 3.36. The third-order valence-corrected chi connectivity index (χ3v) is 7.31. The van der Waals surface area contributed by atoms with Crippen molar-refractivity contribution in [1.82, 2.24) is 13.9 Å². The molecule has 0 atom stereocenters. The van der Waals surface area contributed by atoms with E-state index >= 15 is 0 Å². The van der Waals surface area contributed by atoms with Gasteiger partial charge in [-0.25, -0.2) is 8.42 Å². The van der Waals surface area contributed by atoms with Crippen LogP contribution in [0.1, 0.15) is 29.4 Å². The molecule has 1 amide bonds. The van der Waals surface area contributed by atoms with Gasteiger partial charge in [0.15, 0.2) is 0 Å². The number of carbonyl (C=O) groups is 1. The summed E-state index contributed by atoms with van der Waals surface area (Å²) in [7, 11) is -3.62. The minimum atomic E-state index is -3.62. The molecule has 3 aromatic rings. The molecule has 0 radical (unpaired) electrons. The second kappa shape index (κ2) is 9.54. The summed E-state index contributed by atoms with van der Waals surface area (Å²) in [4.78, 5) is 27.2. The SMILES string of the molecule is CCS(=O)(=O)c1nsc(NC(=O)/C(C#N)=C\c2cc(C)n(-c3cc([N+](=O)[O-])ccc3C)c2C)n1. The zero-order valence-corrected chi connectivity index (χ0v) is 20.3. The Balaban J connectivity index is 1.95. The monoisotopic (exact) mass is 500 g/mol. The van der Waals surface area contributed by atoms with Crippen molar-refractivity contribution < 1.29 is 18.1 Å². The quantitative estimate of drug-likeness (QED) is 0.223. The van der Waals surface area contributed by atoms with Gasteiger partial charge < -0.3 is 4.57 Å². The molecule has 34 heavy (non-hydrogen) atoms. The van der Waals surface area contributed by atoms with Crippen LogP contribution in [0.3, 0.4) is 0 Å². The number of nitrogens with zero attached hydrogens (tertiary/aromatic N) is 5. The van der Waals surface area contributed by atoms with Gasteiger partial charge in [0.2, 0.25) is 15.0 Å². The first-order chi connectivity index (χ1) is 16.0. The lowest BCUT2D eigenvalue weighted by Crippen LogP contribution is -2.14. The molecule has 1 N–H and O–H groups in total. The van der Waals surface area contributed by atoms with E-state index in [2.05, 4.69) is 14.7 Å². The van der Waals surface area contributed by atoms with Gasteiger partial charge in [0.1, 0.15) is 11.6 Å². The Hall–Kier alpha value is -3.89. The van der Waals surface area contributed by atoms with E-state index in [1.54, 1.807) is 19.1 Å². The molecule has 0 bridgehead atoms. The molecular formula is C21H20N6O5S2. The Morgan fingerprint density at radius 3 is 2.65 bits per heavy atom. The van der Waals surface area contributed by atoms with Gasteiger partial charge >= 0.3 is 0 Å². The van der Waals surface area contributed by atoms with Crippen LogP contribution in [0.25, 0.3) is 11.8 Å². The van der Waals surface area contributed by atoms with Gasteiger partial charge in [-0.05, 0) is 44.0 Å². The predicted molar refractivity (Wildman–Crippen MR) is 126 cm³/mol. The number of aromatic nitrogens is 3.